The van der Waals surface area contributed by atoms with E-state index in [-0.39, 0.29) is 16.8 Å². The number of hydrogen-bond acceptors (Lipinski definition) is 2. The van der Waals surface area contributed by atoms with Crippen molar-refractivity contribution in [3.8, 4) is 0 Å². The molecule has 0 aromatic heterocycles. The molecule has 0 atom stereocenters. The molecular weight excluding hydrogens is 336 g/mol. The molecule has 0 saturated heterocycles. The normalized spacial score (nSPS) is 10.4. The molecule has 0 radical (unpaired) electrons. The van der Waals surface area contributed by atoms with Crippen molar-refractivity contribution in [2.45, 2.75) is 6.92 Å². The van der Waals surface area contributed by atoms with Crippen molar-refractivity contribution in [3.05, 3.63) is 101 Å². The van der Waals surface area contributed by atoms with E-state index < -0.39 is 23.4 Å². The lowest BCUT2D eigenvalue weighted by molar-refractivity contribution is 0.0896. The minimum absolute atomic E-state index is 0.219. The zero-order chi connectivity index (χ0) is 18.7. The molecule has 0 aliphatic heterocycles. The van der Waals surface area contributed by atoms with Gasteiger partial charge in [0, 0.05) is 17.2 Å². The van der Waals surface area contributed by atoms with Gasteiger partial charge in [-0.1, -0.05) is 35.9 Å². The Morgan fingerprint density at radius 3 is 1.92 bits per heavy atom. The van der Waals surface area contributed by atoms with Gasteiger partial charge in [-0.2, -0.15) is 0 Å². The molecule has 3 aromatic carbocycles. The van der Waals surface area contributed by atoms with Gasteiger partial charge in [0.15, 0.2) is 0 Å². The first-order valence-corrected chi connectivity index (χ1v) is 7.93. The van der Waals surface area contributed by atoms with Crippen LogP contribution in [0.1, 0.15) is 26.3 Å². The van der Waals surface area contributed by atoms with Crippen LogP contribution in [0.3, 0.4) is 0 Å². The molecule has 3 rings (SSSR count). The maximum absolute atomic E-state index is 14.3. The van der Waals surface area contributed by atoms with E-state index in [1.165, 1.54) is 12.1 Å². The first-order chi connectivity index (χ1) is 12.5. The SMILES string of the molecule is Cc1ccc(C(=O)N(C(=O)c2ccccc2)c2ccc(F)cc2F)cc1. The number of carbonyl (C=O) groups is 2. The second-order valence-electron chi connectivity index (χ2n) is 5.77. The third kappa shape index (κ3) is 3.52. The van der Waals surface area contributed by atoms with Crippen LogP contribution in [-0.4, -0.2) is 11.8 Å². The molecule has 0 heterocycles. The van der Waals surface area contributed by atoms with Crippen LogP contribution in [0.2, 0.25) is 0 Å². The van der Waals surface area contributed by atoms with Crippen molar-refractivity contribution < 1.29 is 18.4 Å². The number of benzene rings is 3. The Morgan fingerprint density at radius 2 is 1.35 bits per heavy atom. The molecule has 0 N–H and O–H groups in total. The smallest absolute Gasteiger partial charge is 0.265 e. The summed E-state index contributed by atoms with van der Waals surface area (Å²) in [5.74, 6) is -3.16. The summed E-state index contributed by atoms with van der Waals surface area (Å²) < 4.78 is 27.6. The summed E-state index contributed by atoms with van der Waals surface area (Å²) in [6, 6.07) is 17.4. The van der Waals surface area contributed by atoms with Crippen LogP contribution in [0, 0.1) is 18.6 Å². The lowest BCUT2D eigenvalue weighted by Crippen LogP contribution is -2.37. The first-order valence-electron chi connectivity index (χ1n) is 7.93. The summed E-state index contributed by atoms with van der Waals surface area (Å²) in [6.07, 6.45) is 0. The molecule has 0 unspecified atom stereocenters. The number of aryl methyl sites for hydroxylation is 1. The molecule has 0 bridgehead atoms. The van der Waals surface area contributed by atoms with Crippen LogP contribution in [0.15, 0.2) is 72.8 Å². The van der Waals surface area contributed by atoms with Gasteiger partial charge in [0.2, 0.25) is 0 Å². The van der Waals surface area contributed by atoms with E-state index in [1.54, 1.807) is 42.5 Å². The van der Waals surface area contributed by atoms with Crippen LogP contribution in [0.4, 0.5) is 14.5 Å². The minimum Gasteiger partial charge on any atom is -0.268 e. The van der Waals surface area contributed by atoms with Crippen LogP contribution in [0.5, 0.6) is 0 Å². The second kappa shape index (κ2) is 7.27. The van der Waals surface area contributed by atoms with Gasteiger partial charge in [0.05, 0.1) is 5.69 Å². The Kier molecular flexibility index (Phi) is 4.89. The molecule has 0 spiro atoms. The van der Waals surface area contributed by atoms with Crippen molar-refractivity contribution in [3.63, 3.8) is 0 Å². The minimum atomic E-state index is -0.991. The molecule has 0 saturated carbocycles. The highest BCUT2D eigenvalue weighted by Crippen LogP contribution is 2.24. The number of hydrogen-bond donors (Lipinski definition) is 0. The van der Waals surface area contributed by atoms with Gasteiger partial charge >= 0.3 is 0 Å². The van der Waals surface area contributed by atoms with Crippen LogP contribution in [0.25, 0.3) is 0 Å². The zero-order valence-corrected chi connectivity index (χ0v) is 13.9. The van der Waals surface area contributed by atoms with Gasteiger partial charge in [0.25, 0.3) is 11.8 Å². The predicted molar refractivity (Wildman–Crippen MR) is 95.1 cm³/mol. The molecular formula is C21H15F2NO2. The van der Waals surface area contributed by atoms with Gasteiger partial charge in [-0.15, -0.1) is 0 Å². The summed E-state index contributed by atoms with van der Waals surface area (Å²) in [6.45, 7) is 1.86. The van der Waals surface area contributed by atoms with Crippen LogP contribution < -0.4 is 4.90 Å². The second-order valence-corrected chi connectivity index (χ2v) is 5.77. The van der Waals surface area contributed by atoms with Crippen molar-refractivity contribution in [2.75, 3.05) is 4.90 Å². The van der Waals surface area contributed by atoms with E-state index in [0.29, 0.717) is 6.07 Å². The maximum Gasteiger partial charge on any atom is 0.265 e. The standard InChI is InChI=1S/C21H15F2NO2/c1-14-7-9-16(10-8-14)21(26)24(19-12-11-17(22)13-18(19)23)20(25)15-5-3-2-4-6-15/h2-13H,1H3. The number of carbonyl (C=O) groups excluding carboxylic acids is 2. The van der Waals surface area contributed by atoms with Gasteiger partial charge in [0.1, 0.15) is 11.6 Å². The average molecular weight is 351 g/mol. The highest BCUT2D eigenvalue weighted by Gasteiger charge is 2.28. The molecule has 3 nitrogen and oxygen atoms in total. The van der Waals surface area contributed by atoms with E-state index in [9.17, 15) is 18.4 Å². The molecule has 0 aliphatic rings. The first kappa shape index (κ1) is 17.5. The fourth-order valence-corrected chi connectivity index (χ4v) is 2.51. The number of halogens is 2. The summed E-state index contributed by atoms with van der Waals surface area (Å²) in [5, 5.41) is 0. The molecule has 2 amide bonds. The summed E-state index contributed by atoms with van der Waals surface area (Å²) >= 11 is 0. The van der Waals surface area contributed by atoms with E-state index in [0.717, 1.165) is 22.6 Å². The van der Waals surface area contributed by atoms with E-state index in [1.807, 2.05) is 6.92 Å². The van der Waals surface area contributed by atoms with Gasteiger partial charge in [-0.25, -0.2) is 13.7 Å². The molecule has 26 heavy (non-hydrogen) atoms. The Hall–Kier alpha value is -3.34. The van der Waals surface area contributed by atoms with E-state index in [2.05, 4.69) is 0 Å². The van der Waals surface area contributed by atoms with Crippen molar-refractivity contribution in [2.24, 2.45) is 0 Å². The lowest BCUT2D eigenvalue weighted by Gasteiger charge is -2.22. The number of nitrogens with zero attached hydrogens (tertiary/aromatic N) is 1. The monoisotopic (exact) mass is 351 g/mol. The fourth-order valence-electron chi connectivity index (χ4n) is 2.51. The van der Waals surface area contributed by atoms with Gasteiger partial charge in [-0.05, 0) is 43.3 Å². The van der Waals surface area contributed by atoms with Crippen molar-refractivity contribution in [1.82, 2.24) is 0 Å². The highest BCUT2D eigenvalue weighted by atomic mass is 19.1. The van der Waals surface area contributed by atoms with E-state index in [4.69, 9.17) is 0 Å². The Labute approximate surface area is 149 Å². The van der Waals surface area contributed by atoms with Crippen LogP contribution in [-0.2, 0) is 0 Å². The zero-order valence-electron chi connectivity index (χ0n) is 13.9. The topological polar surface area (TPSA) is 37.4 Å². The molecule has 0 aliphatic carbocycles. The Bertz CT molecular complexity index is 954. The number of anilines is 1. The fraction of sp³-hybridized carbons (Fsp3) is 0.0476. The van der Waals surface area contributed by atoms with Crippen LogP contribution >= 0.6 is 0 Å². The predicted octanol–water partition coefficient (Wildman–Crippen LogP) is 4.76. The maximum atomic E-state index is 14.3. The lowest BCUT2D eigenvalue weighted by atomic mass is 10.1. The molecule has 5 heteroatoms. The van der Waals surface area contributed by atoms with Gasteiger partial charge in [-0.3, -0.25) is 9.59 Å². The third-order valence-electron chi connectivity index (χ3n) is 3.88. The number of amides is 2. The molecule has 130 valence electrons. The molecule has 0 fully saturated rings. The quantitative estimate of drug-likeness (QED) is 0.638. The van der Waals surface area contributed by atoms with Crippen molar-refractivity contribution in [1.29, 1.82) is 0 Å². The largest absolute Gasteiger partial charge is 0.268 e. The average Bonchev–Trinajstić information content (AvgIpc) is 2.64. The van der Waals surface area contributed by atoms with Gasteiger partial charge < -0.3 is 0 Å². The Balaban J connectivity index is 2.11. The number of rotatable bonds is 3. The third-order valence-corrected chi connectivity index (χ3v) is 3.88. The summed E-state index contributed by atoms with van der Waals surface area (Å²) in [5.41, 5.74) is 1.08. The van der Waals surface area contributed by atoms with Crippen molar-refractivity contribution >= 4 is 17.5 Å². The summed E-state index contributed by atoms with van der Waals surface area (Å²) in [7, 11) is 0. The van der Waals surface area contributed by atoms with E-state index >= 15 is 0 Å². The highest BCUT2D eigenvalue weighted by molar-refractivity contribution is 6.25. The number of imide groups is 1. The Morgan fingerprint density at radius 1 is 0.769 bits per heavy atom. The summed E-state index contributed by atoms with van der Waals surface area (Å²) in [4.78, 5) is 26.6. The molecule has 3 aromatic rings.